The monoisotopic (exact) mass is 140 g/mol. The van der Waals surface area contributed by atoms with Crippen LogP contribution in [0.4, 0.5) is 0 Å². The van der Waals surface area contributed by atoms with Gasteiger partial charge in [-0.15, -0.1) is 0 Å². The van der Waals surface area contributed by atoms with Gasteiger partial charge in [-0.1, -0.05) is 13.8 Å². The lowest BCUT2D eigenvalue weighted by molar-refractivity contribution is 0.0400. The molecule has 0 amide bonds. The van der Waals surface area contributed by atoms with E-state index in [4.69, 9.17) is 0 Å². The molecule has 0 heterocycles. The predicted molar refractivity (Wildman–Crippen MR) is 40.6 cm³/mol. The van der Waals surface area contributed by atoms with E-state index in [0.29, 0.717) is 0 Å². The molecular weight excluding hydrogens is 124 g/mol. The van der Waals surface area contributed by atoms with Crippen molar-refractivity contribution in [1.29, 1.82) is 0 Å². The van der Waals surface area contributed by atoms with Gasteiger partial charge in [0, 0.05) is 0 Å². The normalized spacial score (nSPS) is 59.7. The quantitative estimate of drug-likeness (QED) is 0.544. The van der Waals surface area contributed by atoms with Gasteiger partial charge in [0.1, 0.15) is 0 Å². The average Bonchev–Trinajstić information content (AvgIpc) is 2.25. The minimum absolute atomic E-state index is 0.00116. The van der Waals surface area contributed by atoms with Crippen LogP contribution in [0.2, 0.25) is 0 Å². The minimum Gasteiger partial charge on any atom is -0.393 e. The Balaban J connectivity index is 2.29. The molecule has 1 nitrogen and oxygen atoms in total. The van der Waals surface area contributed by atoms with Gasteiger partial charge in [-0.25, -0.2) is 0 Å². The molecule has 58 valence electrons. The van der Waals surface area contributed by atoms with E-state index < -0.39 is 0 Å². The molecule has 2 saturated carbocycles. The molecule has 0 aromatic rings. The summed E-state index contributed by atoms with van der Waals surface area (Å²) < 4.78 is 0. The lowest BCUT2D eigenvalue weighted by atomic mass is 9.80. The third kappa shape index (κ3) is 0.572. The molecule has 2 rings (SSSR count). The highest BCUT2D eigenvalue weighted by molar-refractivity contribution is 5.03. The molecule has 4 unspecified atom stereocenters. The van der Waals surface area contributed by atoms with E-state index in [9.17, 15) is 5.11 Å². The van der Waals surface area contributed by atoms with Crippen LogP contribution in [0.3, 0.4) is 0 Å². The van der Waals surface area contributed by atoms with Crippen LogP contribution in [-0.4, -0.2) is 11.2 Å². The van der Waals surface area contributed by atoms with Crippen LogP contribution in [0.15, 0.2) is 0 Å². The van der Waals surface area contributed by atoms with Crippen LogP contribution >= 0.6 is 0 Å². The Morgan fingerprint density at radius 3 is 2.40 bits per heavy atom. The highest BCUT2D eigenvalue weighted by Crippen LogP contribution is 2.57. The zero-order chi connectivity index (χ0) is 7.35. The smallest absolute Gasteiger partial charge is 0.0599 e. The van der Waals surface area contributed by atoms with Gasteiger partial charge < -0.3 is 5.11 Å². The van der Waals surface area contributed by atoms with Crippen molar-refractivity contribution in [1.82, 2.24) is 0 Å². The highest BCUT2D eigenvalue weighted by Gasteiger charge is 2.53. The van der Waals surface area contributed by atoms with Crippen molar-refractivity contribution < 1.29 is 5.11 Å². The predicted octanol–water partition coefficient (Wildman–Crippen LogP) is 1.80. The fourth-order valence-electron chi connectivity index (χ4n) is 2.86. The van der Waals surface area contributed by atoms with Gasteiger partial charge >= 0.3 is 0 Å². The number of fused-ring (bicyclic) bond motifs is 2. The first-order valence-corrected chi connectivity index (χ1v) is 4.32. The maximum absolute atomic E-state index is 9.65. The van der Waals surface area contributed by atoms with Crippen LogP contribution in [0, 0.1) is 17.3 Å². The maximum atomic E-state index is 9.65. The summed E-state index contributed by atoms with van der Waals surface area (Å²) in [4.78, 5) is 0. The topological polar surface area (TPSA) is 20.2 Å². The van der Waals surface area contributed by atoms with Crippen molar-refractivity contribution in [2.45, 2.75) is 39.2 Å². The van der Waals surface area contributed by atoms with Gasteiger partial charge in [0.25, 0.3) is 0 Å². The first-order valence-electron chi connectivity index (χ1n) is 4.32. The molecule has 2 aliphatic carbocycles. The van der Waals surface area contributed by atoms with Gasteiger partial charge in [0.2, 0.25) is 0 Å². The van der Waals surface area contributed by atoms with Crippen molar-refractivity contribution >= 4 is 0 Å². The second-order valence-electron chi connectivity index (χ2n) is 4.34. The molecule has 0 aromatic heterocycles. The van der Waals surface area contributed by atoms with Crippen molar-refractivity contribution in [2.24, 2.45) is 17.3 Å². The zero-order valence-corrected chi connectivity index (χ0v) is 6.80. The van der Waals surface area contributed by atoms with Crippen LogP contribution in [0.25, 0.3) is 0 Å². The van der Waals surface area contributed by atoms with E-state index in [1.165, 1.54) is 12.8 Å². The first kappa shape index (κ1) is 6.66. The lowest BCUT2D eigenvalue weighted by Gasteiger charge is -2.29. The molecule has 2 aliphatic rings. The standard InChI is InChI=1S/C9H16O/c1-6-7-3-4-9(6,2)8(10)5-7/h6-8,10H,3-5H2,1-2H3. The lowest BCUT2D eigenvalue weighted by Crippen LogP contribution is -2.29. The summed E-state index contributed by atoms with van der Waals surface area (Å²) in [6, 6.07) is 0. The van der Waals surface area contributed by atoms with Gasteiger partial charge in [0.05, 0.1) is 6.10 Å². The summed E-state index contributed by atoms with van der Waals surface area (Å²) in [6.07, 6.45) is 3.67. The van der Waals surface area contributed by atoms with Crippen molar-refractivity contribution in [3.63, 3.8) is 0 Å². The molecule has 0 aliphatic heterocycles. The van der Waals surface area contributed by atoms with E-state index in [0.717, 1.165) is 18.3 Å². The van der Waals surface area contributed by atoms with E-state index in [1.54, 1.807) is 0 Å². The second-order valence-corrected chi connectivity index (χ2v) is 4.34. The van der Waals surface area contributed by atoms with Crippen LogP contribution in [0.1, 0.15) is 33.1 Å². The third-order valence-corrected chi connectivity index (χ3v) is 4.09. The summed E-state index contributed by atoms with van der Waals surface area (Å²) in [6.45, 7) is 4.54. The molecule has 0 aromatic carbocycles. The average molecular weight is 140 g/mol. The van der Waals surface area contributed by atoms with Gasteiger partial charge in [-0.3, -0.25) is 0 Å². The Hall–Kier alpha value is -0.0400. The molecular formula is C9H16O. The molecule has 2 fully saturated rings. The zero-order valence-electron chi connectivity index (χ0n) is 6.80. The fraction of sp³-hybridized carbons (Fsp3) is 1.00. The number of aliphatic hydroxyl groups excluding tert-OH is 1. The van der Waals surface area contributed by atoms with Crippen molar-refractivity contribution in [3.8, 4) is 0 Å². The maximum Gasteiger partial charge on any atom is 0.0599 e. The van der Waals surface area contributed by atoms with E-state index in [1.807, 2.05) is 0 Å². The SMILES string of the molecule is CC1C2CCC1(C)C(O)C2. The van der Waals surface area contributed by atoms with Crippen molar-refractivity contribution in [3.05, 3.63) is 0 Å². The van der Waals surface area contributed by atoms with E-state index in [2.05, 4.69) is 13.8 Å². The van der Waals surface area contributed by atoms with E-state index >= 15 is 0 Å². The number of aliphatic hydroxyl groups is 1. The molecule has 1 heteroatoms. The molecule has 4 atom stereocenters. The second kappa shape index (κ2) is 1.76. The van der Waals surface area contributed by atoms with Crippen molar-refractivity contribution in [2.75, 3.05) is 0 Å². The Bertz CT molecular complexity index is 155. The Morgan fingerprint density at radius 1 is 1.50 bits per heavy atom. The Morgan fingerprint density at radius 2 is 2.20 bits per heavy atom. The summed E-state index contributed by atoms with van der Waals surface area (Å²) in [5.41, 5.74) is 0.282. The largest absolute Gasteiger partial charge is 0.393 e. The first-order chi connectivity index (χ1) is 4.64. The van der Waals surface area contributed by atoms with Gasteiger partial charge in [-0.2, -0.15) is 0 Å². The summed E-state index contributed by atoms with van der Waals surface area (Å²) >= 11 is 0. The van der Waals surface area contributed by atoms with Gasteiger partial charge in [0.15, 0.2) is 0 Å². The number of rotatable bonds is 0. The fourth-order valence-corrected chi connectivity index (χ4v) is 2.86. The molecule has 0 saturated heterocycles. The minimum atomic E-state index is 0.00116. The summed E-state index contributed by atoms with van der Waals surface area (Å²) in [7, 11) is 0. The van der Waals surface area contributed by atoms with E-state index in [-0.39, 0.29) is 11.5 Å². The highest BCUT2D eigenvalue weighted by atomic mass is 16.3. The molecule has 0 radical (unpaired) electrons. The van der Waals surface area contributed by atoms with Crippen LogP contribution in [0.5, 0.6) is 0 Å². The molecule has 0 spiro atoms. The van der Waals surface area contributed by atoms with Crippen LogP contribution in [-0.2, 0) is 0 Å². The molecule has 1 N–H and O–H groups in total. The third-order valence-electron chi connectivity index (χ3n) is 4.09. The summed E-state index contributed by atoms with van der Waals surface area (Å²) in [5, 5.41) is 9.65. The van der Waals surface area contributed by atoms with Crippen LogP contribution < -0.4 is 0 Å². The molecule has 2 bridgehead atoms. The Labute approximate surface area is 62.4 Å². The number of hydrogen-bond donors (Lipinski definition) is 1. The number of hydrogen-bond acceptors (Lipinski definition) is 1. The Kier molecular flexibility index (Phi) is 1.17. The van der Waals surface area contributed by atoms with Gasteiger partial charge in [-0.05, 0) is 36.5 Å². The molecule has 10 heavy (non-hydrogen) atoms. The summed E-state index contributed by atoms with van der Waals surface area (Å²) in [5.74, 6) is 1.60.